The molecule has 1 N–H and O–H groups in total. The quantitative estimate of drug-likeness (QED) is 0.813. The number of benzene rings is 1. The Hall–Kier alpha value is -1.57. The number of ketones is 1. The van der Waals surface area contributed by atoms with E-state index in [2.05, 4.69) is 37.0 Å². The van der Waals surface area contributed by atoms with Crippen LogP contribution in [0, 0.1) is 11.8 Å². The van der Waals surface area contributed by atoms with E-state index in [1.54, 1.807) is 0 Å². The van der Waals surface area contributed by atoms with Crippen molar-refractivity contribution in [3.8, 4) is 0 Å². The first-order chi connectivity index (χ1) is 9.22. The zero-order valence-electron chi connectivity index (χ0n) is 11.7. The summed E-state index contributed by atoms with van der Waals surface area (Å²) in [5.74, 6) is 1.10. The molecular formula is C17H21NO. The molecule has 19 heavy (non-hydrogen) atoms. The number of para-hydroxylation sites is 1. The molecule has 0 saturated heterocycles. The summed E-state index contributed by atoms with van der Waals surface area (Å²) in [5, 5.41) is 1.10. The number of aromatic amines is 1. The van der Waals surface area contributed by atoms with E-state index in [9.17, 15) is 4.79 Å². The maximum atomic E-state index is 12.7. The lowest BCUT2D eigenvalue weighted by Gasteiger charge is -2.13. The average Bonchev–Trinajstić information content (AvgIpc) is 3.03. The van der Waals surface area contributed by atoms with Crippen LogP contribution in [0.3, 0.4) is 0 Å². The number of carbonyl (C=O) groups excluding carboxylic acids is 1. The largest absolute Gasteiger partial charge is 0.360 e. The summed E-state index contributed by atoms with van der Waals surface area (Å²) in [6, 6.07) is 6.26. The summed E-state index contributed by atoms with van der Waals surface area (Å²) in [5.41, 5.74) is 3.32. The van der Waals surface area contributed by atoms with Crippen molar-refractivity contribution in [1.29, 1.82) is 0 Å². The van der Waals surface area contributed by atoms with Crippen molar-refractivity contribution in [3.05, 3.63) is 35.5 Å². The lowest BCUT2D eigenvalue weighted by Crippen LogP contribution is -2.16. The molecule has 3 rings (SSSR count). The van der Waals surface area contributed by atoms with Crippen LogP contribution in [0.1, 0.15) is 49.0 Å². The number of H-pyrrole nitrogens is 1. The molecule has 2 aromatic rings. The van der Waals surface area contributed by atoms with E-state index in [4.69, 9.17) is 0 Å². The topological polar surface area (TPSA) is 32.9 Å². The maximum Gasteiger partial charge on any atom is 0.168 e. The Morgan fingerprint density at radius 2 is 2.21 bits per heavy atom. The number of carbonyl (C=O) groups is 1. The number of aromatic nitrogens is 1. The fraction of sp³-hybridized carbons (Fsp3) is 0.471. The number of aryl methyl sites for hydroxylation is 1. The van der Waals surface area contributed by atoms with Gasteiger partial charge in [0, 0.05) is 28.6 Å². The number of Topliss-reactive ketones (excluding diaryl/α,β-unsaturated/α-hetero) is 1. The monoisotopic (exact) mass is 255 g/mol. The van der Waals surface area contributed by atoms with E-state index < -0.39 is 0 Å². The second-order valence-corrected chi connectivity index (χ2v) is 5.77. The molecule has 0 bridgehead atoms. The maximum absolute atomic E-state index is 12.7. The summed E-state index contributed by atoms with van der Waals surface area (Å²) >= 11 is 0. The zero-order valence-corrected chi connectivity index (χ0v) is 11.7. The number of nitrogens with one attached hydrogen (secondary N) is 1. The van der Waals surface area contributed by atoms with Crippen LogP contribution >= 0.6 is 0 Å². The van der Waals surface area contributed by atoms with E-state index in [1.165, 1.54) is 18.4 Å². The Kier molecular flexibility index (Phi) is 3.17. The molecule has 2 nitrogen and oxygen atoms in total. The van der Waals surface area contributed by atoms with Gasteiger partial charge < -0.3 is 4.98 Å². The molecule has 2 unspecified atom stereocenters. The van der Waals surface area contributed by atoms with Gasteiger partial charge >= 0.3 is 0 Å². The highest BCUT2D eigenvalue weighted by Crippen LogP contribution is 2.35. The minimum absolute atomic E-state index is 0.226. The van der Waals surface area contributed by atoms with Crippen LogP contribution in [0.2, 0.25) is 0 Å². The minimum Gasteiger partial charge on any atom is -0.360 e. The molecule has 100 valence electrons. The first kappa shape index (κ1) is 12.5. The van der Waals surface area contributed by atoms with Gasteiger partial charge in [-0.3, -0.25) is 4.79 Å². The smallest absolute Gasteiger partial charge is 0.168 e. The Morgan fingerprint density at radius 1 is 1.37 bits per heavy atom. The van der Waals surface area contributed by atoms with Gasteiger partial charge in [-0.15, -0.1) is 0 Å². The van der Waals surface area contributed by atoms with Gasteiger partial charge in [0.2, 0.25) is 0 Å². The van der Waals surface area contributed by atoms with E-state index in [0.717, 1.165) is 29.3 Å². The molecule has 2 heteroatoms. The van der Waals surface area contributed by atoms with Gasteiger partial charge in [-0.2, -0.15) is 0 Å². The normalized spacial score (nSPS) is 23.1. The van der Waals surface area contributed by atoms with Crippen LogP contribution in [0.4, 0.5) is 0 Å². The van der Waals surface area contributed by atoms with Gasteiger partial charge in [-0.05, 0) is 30.7 Å². The van der Waals surface area contributed by atoms with Crippen LogP contribution < -0.4 is 0 Å². The molecule has 0 aliphatic heterocycles. The second kappa shape index (κ2) is 4.84. The van der Waals surface area contributed by atoms with E-state index in [1.807, 2.05) is 6.20 Å². The third-order valence-corrected chi connectivity index (χ3v) is 4.65. The van der Waals surface area contributed by atoms with Gasteiger partial charge in [0.1, 0.15) is 0 Å². The van der Waals surface area contributed by atoms with E-state index >= 15 is 0 Å². The number of fused-ring (bicyclic) bond motifs is 1. The van der Waals surface area contributed by atoms with Crippen LogP contribution in [0.25, 0.3) is 10.9 Å². The summed E-state index contributed by atoms with van der Waals surface area (Å²) in [6.45, 7) is 4.36. The zero-order chi connectivity index (χ0) is 13.4. The Labute approximate surface area is 114 Å². The van der Waals surface area contributed by atoms with Gasteiger partial charge in [-0.25, -0.2) is 0 Å². The third kappa shape index (κ3) is 1.99. The third-order valence-electron chi connectivity index (χ3n) is 4.65. The van der Waals surface area contributed by atoms with Crippen molar-refractivity contribution in [2.24, 2.45) is 11.8 Å². The molecule has 0 amide bonds. The van der Waals surface area contributed by atoms with Crippen molar-refractivity contribution in [2.45, 2.75) is 39.5 Å². The highest BCUT2D eigenvalue weighted by molar-refractivity contribution is 6.09. The molecular weight excluding hydrogens is 234 g/mol. The molecule has 1 aliphatic carbocycles. The van der Waals surface area contributed by atoms with E-state index in [-0.39, 0.29) is 5.92 Å². The molecule has 1 fully saturated rings. The molecule has 1 heterocycles. The standard InChI is InChI=1S/C17H21NO/c1-3-12-7-5-9-14-15(10-18-16(12)14)17(19)13-8-4-6-11(13)2/h5,7,9-11,13,18H,3-4,6,8H2,1-2H3. The summed E-state index contributed by atoms with van der Waals surface area (Å²) in [4.78, 5) is 16.0. The van der Waals surface area contributed by atoms with Crippen LogP contribution in [-0.4, -0.2) is 10.8 Å². The summed E-state index contributed by atoms with van der Waals surface area (Å²) < 4.78 is 0. The van der Waals surface area contributed by atoms with Gasteiger partial charge in [0.25, 0.3) is 0 Å². The molecule has 1 aliphatic rings. The first-order valence-electron chi connectivity index (χ1n) is 7.35. The van der Waals surface area contributed by atoms with Crippen molar-refractivity contribution < 1.29 is 4.79 Å². The molecule has 2 atom stereocenters. The lowest BCUT2D eigenvalue weighted by atomic mass is 9.89. The Bertz CT molecular complexity index is 611. The van der Waals surface area contributed by atoms with Crippen molar-refractivity contribution in [3.63, 3.8) is 0 Å². The molecule has 0 radical (unpaired) electrons. The summed E-state index contributed by atoms with van der Waals surface area (Å²) in [6.07, 6.45) is 6.35. The lowest BCUT2D eigenvalue weighted by molar-refractivity contribution is 0.0899. The predicted molar refractivity (Wildman–Crippen MR) is 78.5 cm³/mol. The highest BCUT2D eigenvalue weighted by Gasteiger charge is 2.31. The van der Waals surface area contributed by atoms with Crippen molar-refractivity contribution in [2.75, 3.05) is 0 Å². The molecule has 1 saturated carbocycles. The number of hydrogen-bond donors (Lipinski definition) is 1. The fourth-order valence-electron chi connectivity index (χ4n) is 3.45. The number of rotatable bonds is 3. The first-order valence-corrected chi connectivity index (χ1v) is 7.35. The second-order valence-electron chi connectivity index (χ2n) is 5.77. The summed E-state index contributed by atoms with van der Waals surface area (Å²) in [7, 11) is 0. The molecule has 1 aromatic heterocycles. The van der Waals surface area contributed by atoms with Gasteiger partial charge in [0.05, 0.1) is 0 Å². The van der Waals surface area contributed by atoms with Crippen molar-refractivity contribution >= 4 is 16.7 Å². The SMILES string of the molecule is CCc1cccc2c(C(=O)C3CCCC3C)c[nH]c12. The molecule has 1 aromatic carbocycles. The Balaban J connectivity index is 2.03. The van der Waals surface area contributed by atoms with Crippen LogP contribution in [0.15, 0.2) is 24.4 Å². The van der Waals surface area contributed by atoms with E-state index in [0.29, 0.717) is 11.7 Å². The minimum atomic E-state index is 0.226. The number of hydrogen-bond acceptors (Lipinski definition) is 1. The highest BCUT2D eigenvalue weighted by atomic mass is 16.1. The van der Waals surface area contributed by atoms with Crippen LogP contribution in [0.5, 0.6) is 0 Å². The predicted octanol–water partition coefficient (Wildman–Crippen LogP) is 4.35. The van der Waals surface area contributed by atoms with Crippen LogP contribution in [-0.2, 0) is 6.42 Å². The Morgan fingerprint density at radius 3 is 2.89 bits per heavy atom. The fourth-order valence-corrected chi connectivity index (χ4v) is 3.45. The molecule has 0 spiro atoms. The van der Waals surface area contributed by atoms with Crippen molar-refractivity contribution in [1.82, 2.24) is 4.98 Å². The van der Waals surface area contributed by atoms with Gasteiger partial charge in [0.15, 0.2) is 5.78 Å². The average molecular weight is 255 g/mol. The van der Waals surface area contributed by atoms with Gasteiger partial charge in [-0.1, -0.05) is 38.5 Å².